The van der Waals surface area contributed by atoms with Crippen LogP contribution in [0.5, 0.6) is 0 Å². The molecule has 6 nitrogen and oxygen atoms in total. The molecule has 88 valence electrons. The molecule has 1 rings (SSSR count). The van der Waals surface area contributed by atoms with Gasteiger partial charge in [-0.2, -0.15) is 0 Å². The molecule has 0 amide bonds. The van der Waals surface area contributed by atoms with Crippen molar-refractivity contribution in [3.8, 4) is 0 Å². The summed E-state index contributed by atoms with van der Waals surface area (Å²) in [4.78, 5) is 24.6. The third-order valence-electron chi connectivity index (χ3n) is 2.09. The molecule has 1 aromatic rings. The van der Waals surface area contributed by atoms with Crippen LogP contribution in [-0.4, -0.2) is 34.5 Å². The van der Waals surface area contributed by atoms with Crippen molar-refractivity contribution in [1.29, 1.82) is 0 Å². The van der Waals surface area contributed by atoms with Crippen molar-refractivity contribution in [2.75, 3.05) is 13.7 Å². The van der Waals surface area contributed by atoms with E-state index in [1.165, 1.54) is 30.1 Å². The van der Waals surface area contributed by atoms with E-state index in [1.807, 2.05) is 0 Å². The second-order valence-corrected chi connectivity index (χ2v) is 3.28. The first-order valence-corrected chi connectivity index (χ1v) is 4.72. The van der Waals surface area contributed by atoms with Gasteiger partial charge in [-0.3, -0.25) is 14.3 Å². The van der Waals surface area contributed by atoms with Crippen LogP contribution in [0.1, 0.15) is 5.56 Å². The van der Waals surface area contributed by atoms with E-state index in [1.54, 1.807) is 6.92 Å². The number of hydrogen-bond donors (Lipinski definition) is 2. The minimum Gasteiger partial charge on any atom is -0.393 e. The number of rotatable bonds is 4. The first-order chi connectivity index (χ1) is 7.58. The molecule has 0 aliphatic carbocycles. The third-order valence-corrected chi connectivity index (χ3v) is 2.09. The summed E-state index contributed by atoms with van der Waals surface area (Å²) >= 11 is 0. The zero-order valence-corrected chi connectivity index (χ0v) is 9.14. The molecule has 0 bridgehead atoms. The zero-order valence-electron chi connectivity index (χ0n) is 9.14. The topological polar surface area (TPSA) is 84.3 Å². The van der Waals surface area contributed by atoms with Crippen LogP contribution in [0.2, 0.25) is 0 Å². The molecule has 2 N–H and O–H groups in total. The third kappa shape index (κ3) is 2.91. The van der Waals surface area contributed by atoms with Gasteiger partial charge in [0, 0.05) is 25.1 Å². The maximum absolute atomic E-state index is 11.3. The molecular formula is C10H14N2O4. The normalized spacial score (nSPS) is 13.2. The molecule has 1 atom stereocenters. The number of ether oxygens (including phenoxy) is 1. The number of hydrogen-bond acceptors (Lipinski definition) is 4. The van der Waals surface area contributed by atoms with Crippen LogP contribution in [0.3, 0.4) is 0 Å². The van der Waals surface area contributed by atoms with E-state index in [4.69, 9.17) is 9.84 Å². The van der Waals surface area contributed by atoms with Crippen molar-refractivity contribution in [1.82, 2.24) is 9.55 Å². The van der Waals surface area contributed by atoms with Gasteiger partial charge in [0.25, 0.3) is 5.56 Å². The largest absolute Gasteiger partial charge is 0.393 e. The smallest absolute Gasteiger partial charge is 0.332 e. The van der Waals surface area contributed by atoms with Crippen LogP contribution in [-0.2, 0) is 4.74 Å². The van der Waals surface area contributed by atoms with Gasteiger partial charge in [-0.15, -0.1) is 0 Å². The summed E-state index contributed by atoms with van der Waals surface area (Å²) in [5, 5.41) is 8.85. The van der Waals surface area contributed by atoms with Gasteiger partial charge >= 0.3 is 5.69 Å². The summed E-state index contributed by atoms with van der Waals surface area (Å²) in [6.45, 7) is 1.42. The van der Waals surface area contributed by atoms with E-state index < -0.39 is 17.4 Å². The number of aliphatic hydroxyl groups excluding tert-OH is 1. The second-order valence-electron chi connectivity index (χ2n) is 3.28. The lowest BCUT2D eigenvalue weighted by Crippen LogP contribution is -2.28. The van der Waals surface area contributed by atoms with Crippen LogP contribution in [0.4, 0.5) is 0 Å². The number of aliphatic hydroxyl groups is 1. The predicted octanol–water partition coefficient (Wildman–Crippen LogP) is -0.677. The molecule has 6 heteroatoms. The number of H-pyrrole nitrogens is 1. The Labute approximate surface area is 91.8 Å². The van der Waals surface area contributed by atoms with Crippen LogP contribution < -0.4 is 11.2 Å². The van der Waals surface area contributed by atoms with Gasteiger partial charge in [0.1, 0.15) is 0 Å². The zero-order chi connectivity index (χ0) is 12.1. The van der Waals surface area contributed by atoms with Crippen LogP contribution in [0.25, 0.3) is 6.20 Å². The van der Waals surface area contributed by atoms with E-state index >= 15 is 0 Å². The highest BCUT2D eigenvalue weighted by molar-refractivity contribution is 5.24. The summed E-state index contributed by atoms with van der Waals surface area (Å²) in [6.07, 6.45) is 3.91. The fourth-order valence-electron chi connectivity index (χ4n) is 1.10. The summed E-state index contributed by atoms with van der Waals surface area (Å²) in [5.74, 6) is 0. The second kappa shape index (κ2) is 5.43. The fraction of sp³-hybridized carbons (Fsp3) is 0.400. The molecule has 0 aliphatic rings. The van der Waals surface area contributed by atoms with Crippen molar-refractivity contribution in [2.24, 2.45) is 0 Å². The standard InChI is InChI=1S/C10H14N2O4/c1-7-5-12(10(15)11-9(7)14)4-3-8(6-13)16-2/h3-5,8,13H,6H2,1-2H3,(H,11,14,15)/b4-3-. The van der Waals surface area contributed by atoms with Gasteiger partial charge in [-0.1, -0.05) is 0 Å². The monoisotopic (exact) mass is 226 g/mol. The average molecular weight is 226 g/mol. The highest BCUT2D eigenvalue weighted by Gasteiger charge is 2.01. The van der Waals surface area contributed by atoms with Crippen LogP contribution >= 0.6 is 0 Å². The predicted molar refractivity (Wildman–Crippen MR) is 59.3 cm³/mol. The Balaban J connectivity index is 3.02. The molecule has 1 heterocycles. The molecule has 0 saturated heterocycles. The Kier molecular flexibility index (Phi) is 4.21. The maximum Gasteiger partial charge on any atom is 0.332 e. The Bertz CT molecular complexity index is 482. The van der Waals surface area contributed by atoms with E-state index in [0.29, 0.717) is 5.56 Å². The quantitative estimate of drug-likeness (QED) is 0.712. The molecule has 0 aromatic carbocycles. The number of aromatic amines is 1. The van der Waals surface area contributed by atoms with Gasteiger partial charge in [-0.05, 0) is 13.0 Å². The lowest BCUT2D eigenvalue weighted by atomic mass is 10.3. The molecule has 0 saturated carbocycles. The van der Waals surface area contributed by atoms with Gasteiger partial charge in [0.15, 0.2) is 0 Å². The average Bonchev–Trinajstić information content (AvgIpc) is 2.26. The van der Waals surface area contributed by atoms with E-state index in [-0.39, 0.29) is 6.61 Å². The van der Waals surface area contributed by atoms with Gasteiger partial charge < -0.3 is 9.84 Å². The SMILES string of the molecule is COC(/C=C\n1cc(C)c(=O)[nH]c1=O)CO. The number of nitrogens with one attached hydrogen (secondary N) is 1. The number of aromatic nitrogens is 2. The van der Waals surface area contributed by atoms with E-state index in [0.717, 1.165) is 0 Å². The van der Waals surface area contributed by atoms with Crippen LogP contribution in [0, 0.1) is 6.92 Å². The number of methoxy groups -OCH3 is 1. The summed E-state index contributed by atoms with van der Waals surface area (Å²) < 4.78 is 6.11. The van der Waals surface area contributed by atoms with Gasteiger partial charge in [-0.25, -0.2) is 4.79 Å². The Hall–Kier alpha value is -1.66. The van der Waals surface area contributed by atoms with Gasteiger partial charge in [0.05, 0.1) is 12.7 Å². The molecule has 0 fully saturated rings. The minimum atomic E-state index is -0.528. The van der Waals surface area contributed by atoms with Crippen molar-refractivity contribution >= 4 is 6.20 Å². The molecule has 0 aliphatic heterocycles. The maximum atomic E-state index is 11.3. The van der Waals surface area contributed by atoms with Crippen LogP contribution in [0.15, 0.2) is 21.9 Å². The first kappa shape index (κ1) is 12.4. The fourth-order valence-corrected chi connectivity index (χ4v) is 1.10. The first-order valence-electron chi connectivity index (χ1n) is 4.72. The summed E-state index contributed by atoms with van der Waals surface area (Å²) in [7, 11) is 1.45. The van der Waals surface area contributed by atoms with Crippen molar-refractivity contribution in [3.05, 3.63) is 38.7 Å². The van der Waals surface area contributed by atoms with Crippen molar-refractivity contribution in [2.45, 2.75) is 13.0 Å². The molecule has 16 heavy (non-hydrogen) atoms. The molecular weight excluding hydrogens is 212 g/mol. The van der Waals surface area contributed by atoms with Gasteiger partial charge in [0.2, 0.25) is 0 Å². The van der Waals surface area contributed by atoms with E-state index in [9.17, 15) is 9.59 Å². The Morgan fingerprint density at radius 2 is 2.31 bits per heavy atom. The summed E-state index contributed by atoms with van der Waals surface area (Å²) in [6, 6.07) is 0. The minimum absolute atomic E-state index is 0.177. The summed E-state index contributed by atoms with van der Waals surface area (Å²) in [5.41, 5.74) is -0.498. The highest BCUT2D eigenvalue weighted by atomic mass is 16.5. The molecule has 1 unspecified atom stereocenters. The molecule has 0 spiro atoms. The molecule has 1 aromatic heterocycles. The highest BCUT2D eigenvalue weighted by Crippen LogP contribution is 1.93. The Morgan fingerprint density at radius 1 is 1.62 bits per heavy atom. The molecule has 0 radical (unpaired) electrons. The van der Waals surface area contributed by atoms with Crippen molar-refractivity contribution < 1.29 is 9.84 Å². The lowest BCUT2D eigenvalue weighted by molar-refractivity contribution is 0.0823. The Morgan fingerprint density at radius 3 is 2.88 bits per heavy atom. The number of aryl methyl sites for hydroxylation is 1. The number of nitrogens with zero attached hydrogens (tertiary/aromatic N) is 1. The van der Waals surface area contributed by atoms with Crippen molar-refractivity contribution in [3.63, 3.8) is 0 Å². The lowest BCUT2D eigenvalue weighted by Gasteiger charge is -2.06. The van der Waals surface area contributed by atoms with E-state index in [2.05, 4.69) is 4.98 Å².